The van der Waals surface area contributed by atoms with E-state index in [-0.39, 0.29) is 11.5 Å². The minimum Gasteiger partial charge on any atom is -0.338 e. The van der Waals surface area contributed by atoms with E-state index < -0.39 is 0 Å². The van der Waals surface area contributed by atoms with Crippen molar-refractivity contribution in [1.82, 2.24) is 10.2 Å². The number of carbonyl (C=O) groups excluding carboxylic acids is 1. The predicted molar refractivity (Wildman–Crippen MR) is 84.9 cm³/mol. The Morgan fingerprint density at radius 2 is 2.40 bits per heavy atom. The van der Waals surface area contributed by atoms with Crippen LogP contribution in [0.2, 0.25) is 0 Å². The van der Waals surface area contributed by atoms with Crippen LogP contribution in [-0.4, -0.2) is 30.9 Å². The molecule has 20 heavy (non-hydrogen) atoms. The van der Waals surface area contributed by atoms with Crippen molar-refractivity contribution in [3.05, 3.63) is 22.4 Å². The maximum Gasteiger partial charge on any atom is 0.230 e. The molecule has 0 aliphatic carbocycles. The second-order valence-corrected chi connectivity index (χ2v) is 6.90. The molecule has 0 radical (unpaired) electrons. The van der Waals surface area contributed by atoms with Crippen LogP contribution in [0.25, 0.3) is 0 Å². The van der Waals surface area contributed by atoms with Crippen molar-refractivity contribution in [2.45, 2.75) is 45.6 Å². The first-order valence-corrected chi connectivity index (χ1v) is 8.50. The predicted octanol–water partition coefficient (Wildman–Crippen LogP) is 3.44. The summed E-state index contributed by atoms with van der Waals surface area (Å²) in [6.07, 6.45) is 4.18. The summed E-state index contributed by atoms with van der Waals surface area (Å²) in [5.41, 5.74) is -0.187. The Bertz CT molecular complexity index is 418. The molecule has 2 unspecified atom stereocenters. The van der Waals surface area contributed by atoms with E-state index in [2.05, 4.69) is 36.7 Å². The quantitative estimate of drug-likeness (QED) is 0.902. The summed E-state index contributed by atoms with van der Waals surface area (Å²) in [5, 5.41) is 5.50. The number of carbonyl (C=O) groups is 1. The molecule has 0 aromatic carbocycles. The van der Waals surface area contributed by atoms with E-state index in [9.17, 15) is 4.79 Å². The largest absolute Gasteiger partial charge is 0.338 e. The molecule has 1 saturated heterocycles. The minimum absolute atomic E-state index is 0.165. The summed E-state index contributed by atoms with van der Waals surface area (Å²) in [6, 6.07) is 4.34. The van der Waals surface area contributed by atoms with Gasteiger partial charge in [-0.15, -0.1) is 11.3 Å². The standard InChI is InChI=1S/C16H26N2OS/c1-4-8-16(9-6-10-17-12-16)15(19)18(3)13(2)14-7-5-11-20-14/h5,7,11,13,17H,4,6,8-10,12H2,1-3H3. The van der Waals surface area contributed by atoms with Crippen LogP contribution in [0.5, 0.6) is 0 Å². The van der Waals surface area contributed by atoms with E-state index in [1.807, 2.05) is 11.9 Å². The zero-order valence-electron chi connectivity index (χ0n) is 12.8. The van der Waals surface area contributed by atoms with Crippen molar-refractivity contribution < 1.29 is 4.79 Å². The molecule has 1 aliphatic rings. The Balaban J connectivity index is 2.14. The fraction of sp³-hybridized carbons (Fsp3) is 0.688. The van der Waals surface area contributed by atoms with Crippen LogP contribution in [0.4, 0.5) is 0 Å². The van der Waals surface area contributed by atoms with Crippen LogP contribution in [0.3, 0.4) is 0 Å². The van der Waals surface area contributed by atoms with Gasteiger partial charge in [0, 0.05) is 18.5 Å². The third kappa shape index (κ3) is 3.07. The number of hydrogen-bond donors (Lipinski definition) is 1. The highest BCUT2D eigenvalue weighted by Gasteiger charge is 2.41. The summed E-state index contributed by atoms with van der Waals surface area (Å²) in [7, 11) is 1.96. The first-order valence-electron chi connectivity index (χ1n) is 7.62. The highest BCUT2D eigenvalue weighted by atomic mass is 32.1. The molecule has 1 aromatic rings. The Labute approximate surface area is 126 Å². The molecule has 4 heteroatoms. The number of piperidine rings is 1. The lowest BCUT2D eigenvalue weighted by atomic mass is 9.75. The Hall–Kier alpha value is -0.870. The molecule has 1 aromatic heterocycles. The van der Waals surface area contributed by atoms with Gasteiger partial charge in [0.2, 0.25) is 5.91 Å². The van der Waals surface area contributed by atoms with Crippen molar-refractivity contribution in [2.24, 2.45) is 5.41 Å². The number of nitrogens with zero attached hydrogens (tertiary/aromatic N) is 1. The van der Waals surface area contributed by atoms with Gasteiger partial charge >= 0.3 is 0 Å². The van der Waals surface area contributed by atoms with Gasteiger partial charge in [0.05, 0.1) is 11.5 Å². The van der Waals surface area contributed by atoms with Crippen molar-refractivity contribution in [2.75, 3.05) is 20.1 Å². The maximum absolute atomic E-state index is 13.0. The van der Waals surface area contributed by atoms with Crippen molar-refractivity contribution in [3.8, 4) is 0 Å². The highest BCUT2D eigenvalue weighted by Crippen LogP contribution is 2.36. The summed E-state index contributed by atoms with van der Waals surface area (Å²) in [6.45, 7) is 6.18. The smallest absolute Gasteiger partial charge is 0.230 e. The molecule has 1 fully saturated rings. The van der Waals surface area contributed by atoms with Crippen molar-refractivity contribution in [3.63, 3.8) is 0 Å². The van der Waals surface area contributed by atoms with Gasteiger partial charge < -0.3 is 10.2 Å². The van der Waals surface area contributed by atoms with Crippen LogP contribution in [0, 0.1) is 5.41 Å². The number of hydrogen-bond acceptors (Lipinski definition) is 3. The van der Waals surface area contributed by atoms with Crippen LogP contribution in [0.1, 0.15) is 50.4 Å². The van der Waals surface area contributed by atoms with E-state index in [1.165, 1.54) is 4.88 Å². The van der Waals surface area contributed by atoms with Gasteiger partial charge in [-0.05, 0) is 44.2 Å². The highest BCUT2D eigenvalue weighted by molar-refractivity contribution is 7.10. The van der Waals surface area contributed by atoms with Crippen LogP contribution in [-0.2, 0) is 4.79 Å². The first-order chi connectivity index (χ1) is 9.60. The summed E-state index contributed by atoms with van der Waals surface area (Å²) in [4.78, 5) is 16.3. The van der Waals surface area contributed by atoms with Crippen LogP contribution >= 0.6 is 11.3 Å². The molecule has 0 spiro atoms. The molecular formula is C16H26N2OS. The van der Waals surface area contributed by atoms with Gasteiger partial charge in [-0.25, -0.2) is 0 Å². The number of amides is 1. The third-order valence-corrected chi connectivity index (χ3v) is 5.55. The van der Waals surface area contributed by atoms with E-state index in [0.717, 1.165) is 38.8 Å². The zero-order valence-corrected chi connectivity index (χ0v) is 13.6. The van der Waals surface area contributed by atoms with Crippen molar-refractivity contribution >= 4 is 17.2 Å². The van der Waals surface area contributed by atoms with Crippen LogP contribution in [0.15, 0.2) is 17.5 Å². The summed E-state index contributed by atoms with van der Waals surface area (Å²) < 4.78 is 0. The molecular weight excluding hydrogens is 268 g/mol. The molecule has 2 atom stereocenters. The fourth-order valence-corrected chi connectivity index (χ4v) is 4.05. The second kappa shape index (κ2) is 6.72. The number of rotatable bonds is 5. The normalized spacial score (nSPS) is 24.4. The Morgan fingerprint density at radius 3 is 2.95 bits per heavy atom. The van der Waals surface area contributed by atoms with Gasteiger partial charge in [-0.1, -0.05) is 19.4 Å². The lowest BCUT2D eigenvalue weighted by Gasteiger charge is -2.40. The molecule has 1 N–H and O–H groups in total. The lowest BCUT2D eigenvalue weighted by molar-refractivity contribution is -0.144. The zero-order chi connectivity index (χ0) is 14.6. The van der Waals surface area contributed by atoms with Gasteiger partial charge in [-0.3, -0.25) is 4.79 Å². The van der Waals surface area contributed by atoms with Crippen molar-refractivity contribution in [1.29, 1.82) is 0 Å². The third-order valence-electron chi connectivity index (χ3n) is 4.51. The number of thiophene rings is 1. The van der Waals surface area contributed by atoms with Gasteiger partial charge in [0.15, 0.2) is 0 Å². The van der Waals surface area contributed by atoms with E-state index in [4.69, 9.17) is 0 Å². The molecule has 1 aliphatic heterocycles. The topological polar surface area (TPSA) is 32.3 Å². The van der Waals surface area contributed by atoms with Gasteiger partial charge in [-0.2, -0.15) is 0 Å². The summed E-state index contributed by atoms with van der Waals surface area (Å²) >= 11 is 1.73. The lowest BCUT2D eigenvalue weighted by Crippen LogP contribution is -2.51. The molecule has 112 valence electrons. The average molecular weight is 294 g/mol. The minimum atomic E-state index is -0.187. The second-order valence-electron chi connectivity index (χ2n) is 5.92. The Morgan fingerprint density at radius 1 is 1.60 bits per heavy atom. The van der Waals surface area contributed by atoms with E-state index in [1.54, 1.807) is 11.3 Å². The summed E-state index contributed by atoms with van der Waals surface area (Å²) in [5.74, 6) is 0.312. The SMILES string of the molecule is CCCC1(C(=O)N(C)C(C)c2cccs2)CCCNC1. The van der Waals surface area contributed by atoms with E-state index in [0.29, 0.717) is 5.91 Å². The van der Waals surface area contributed by atoms with Gasteiger partial charge in [0.25, 0.3) is 0 Å². The number of nitrogens with one attached hydrogen (secondary N) is 1. The van der Waals surface area contributed by atoms with Crippen LogP contribution < -0.4 is 5.32 Å². The molecule has 3 nitrogen and oxygen atoms in total. The molecule has 2 heterocycles. The molecule has 0 saturated carbocycles. The Kier molecular flexibility index (Phi) is 5.22. The van der Waals surface area contributed by atoms with E-state index >= 15 is 0 Å². The monoisotopic (exact) mass is 294 g/mol. The average Bonchev–Trinajstić information content (AvgIpc) is 3.00. The van der Waals surface area contributed by atoms with Gasteiger partial charge in [0.1, 0.15) is 0 Å². The fourth-order valence-electron chi connectivity index (χ4n) is 3.22. The molecule has 2 rings (SSSR count). The molecule has 0 bridgehead atoms. The molecule has 1 amide bonds. The maximum atomic E-state index is 13.0. The first kappa shape index (κ1) is 15.5.